The van der Waals surface area contributed by atoms with Crippen LogP contribution in [-0.2, 0) is 0 Å². The third kappa shape index (κ3) is 3.07. The van der Waals surface area contributed by atoms with E-state index in [0.29, 0.717) is 0 Å². The van der Waals surface area contributed by atoms with Crippen molar-refractivity contribution in [1.29, 1.82) is 0 Å². The zero-order valence-electron chi connectivity index (χ0n) is 8.64. The molecule has 1 N–H and O–H groups in total. The summed E-state index contributed by atoms with van der Waals surface area (Å²) in [6, 6.07) is 0.950. The van der Waals surface area contributed by atoms with Crippen LogP contribution in [0.3, 0.4) is 0 Å². The van der Waals surface area contributed by atoms with Gasteiger partial charge < -0.3 is 10.2 Å². The fourth-order valence-electron chi connectivity index (χ4n) is 2.21. The van der Waals surface area contributed by atoms with Gasteiger partial charge in [0.1, 0.15) is 0 Å². The van der Waals surface area contributed by atoms with E-state index in [1.54, 1.807) is 0 Å². The maximum absolute atomic E-state index is 3.82. The van der Waals surface area contributed by atoms with Crippen LogP contribution in [-0.4, -0.2) is 37.1 Å². The molecule has 80 valence electrons. The van der Waals surface area contributed by atoms with E-state index in [2.05, 4.69) is 32.7 Å². The lowest BCUT2D eigenvalue weighted by Crippen LogP contribution is -2.28. The Hall–Kier alpha value is 0.140. The largest absolute Gasteiger partial charge is 0.312 e. The van der Waals surface area contributed by atoms with E-state index in [0.717, 1.165) is 29.5 Å². The van der Waals surface area contributed by atoms with Crippen molar-refractivity contribution in [3.05, 3.63) is 11.1 Å². The molecule has 1 aliphatic heterocycles. The molecule has 1 unspecified atom stereocenters. The van der Waals surface area contributed by atoms with E-state index >= 15 is 0 Å². The molecule has 14 heavy (non-hydrogen) atoms. The molecule has 0 amide bonds. The van der Waals surface area contributed by atoms with Crippen LogP contribution in [0.5, 0.6) is 0 Å². The van der Waals surface area contributed by atoms with Crippen molar-refractivity contribution < 1.29 is 0 Å². The first kappa shape index (κ1) is 10.7. The number of hydrogen-bond acceptors (Lipinski definition) is 2. The second kappa shape index (κ2) is 4.77. The molecule has 1 saturated carbocycles. The van der Waals surface area contributed by atoms with Gasteiger partial charge in [0.2, 0.25) is 0 Å². The van der Waals surface area contributed by atoms with Crippen molar-refractivity contribution in [2.45, 2.75) is 25.3 Å². The number of likely N-dealkylation sites (tertiary alicyclic amines) is 1. The second-order valence-electron chi connectivity index (χ2n) is 4.53. The van der Waals surface area contributed by atoms with Crippen LogP contribution in [0, 0.1) is 5.92 Å². The Labute approximate surface area is 94.9 Å². The highest BCUT2D eigenvalue weighted by Gasteiger charge is 2.33. The SMILES string of the molecule is C=C(Br)CNCC1CCN(C2CC2)C1. The summed E-state index contributed by atoms with van der Waals surface area (Å²) >= 11 is 3.36. The maximum atomic E-state index is 3.82. The Morgan fingerprint density at radius 1 is 1.43 bits per heavy atom. The zero-order valence-corrected chi connectivity index (χ0v) is 10.2. The fourth-order valence-corrected chi connectivity index (χ4v) is 2.41. The van der Waals surface area contributed by atoms with Gasteiger partial charge in [0.25, 0.3) is 0 Å². The van der Waals surface area contributed by atoms with Crippen LogP contribution in [0.25, 0.3) is 0 Å². The van der Waals surface area contributed by atoms with E-state index in [1.807, 2.05) is 0 Å². The minimum absolute atomic E-state index is 0.863. The number of rotatable bonds is 5. The molecule has 1 saturated heterocycles. The molecule has 0 radical (unpaired) electrons. The van der Waals surface area contributed by atoms with Gasteiger partial charge in [-0.3, -0.25) is 0 Å². The maximum Gasteiger partial charge on any atom is 0.0265 e. The minimum Gasteiger partial charge on any atom is -0.312 e. The summed E-state index contributed by atoms with van der Waals surface area (Å²) in [6.45, 7) is 8.50. The van der Waals surface area contributed by atoms with Gasteiger partial charge in [-0.2, -0.15) is 0 Å². The molecule has 0 spiro atoms. The number of hydrogen-bond donors (Lipinski definition) is 1. The van der Waals surface area contributed by atoms with Crippen LogP contribution in [0.15, 0.2) is 11.1 Å². The highest BCUT2D eigenvalue weighted by Crippen LogP contribution is 2.31. The molecule has 2 aliphatic rings. The topological polar surface area (TPSA) is 15.3 Å². The van der Waals surface area contributed by atoms with Crippen LogP contribution in [0.2, 0.25) is 0 Å². The minimum atomic E-state index is 0.863. The standard InChI is InChI=1S/C11H19BrN2/c1-9(12)6-13-7-10-4-5-14(8-10)11-2-3-11/h10-11,13H,1-8H2. The molecule has 0 aromatic rings. The summed E-state index contributed by atoms with van der Waals surface area (Å²) in [5.41, 5.74) is 0. The molecular formula is C11H19BrN2. The Bertz CT molecular complexity index is 213. The predicted molar refractivity (Wildman–Crippen MR) is 63.6 cm³/mol. The first-order chi connectivity index (χ1) is 6.75. The summed E-state index contributed by atoms with van der Waals surface area (Å²) in [4.78, 5) is 2.66. The van der Waals surface area contributed by atoms with Gasteiger partial charge in [0, 0.05) is 23.6 Å². The molecule has 0 aromatic carbocycles. The predicted octanol–water partition coefficient (Wildman–Crippen LogP) is 1.97. The quantitative estimate of drug-likeness (QED) is 0.812. The zero-order chi connectivity index (χ0) is 9.97. The van der Waals surface area contributed by atoms with Crippen molar-refractivity contribution in [1.82, 2.24) is 10.2 Å². The monoisotopic (exact) mass is 258 g/mol. The van der Waals surface area contributed by atoms with Crippen LogP contribution >= 0.6 is 15.9 Å². The summed E-state index contributed by atoms with van der Waals surface area (Å²) in [5.74, 6) is 0.863. The molecule has 2 rings (SSSR count). The molecule has 1 atom stereocenters. The number of halogens is 1. The van der Waals surface area contributed by atoms with Gasteiger partial charge in [-0.25, -0.2) is 0 Å². The van der Waals surface area contributed by atoms with E-state index in [-0.39, 0.29) is 0 Å². The van der Waals surface area contributed by atoms with Crippen molar-refractivity contribution in [2.75, 3.05) is 26.2 Å². The van der Waals surface area contributed by atoms with Gasteiger partial charge in [0.15, 0.2) is 0 Å². The van der Waals surface area contributed by atoms with Crippen LogP contribution < -0.4 is 5.32 Å². The van der Waals surface area contributed by atoms with Gasteiger partial charge in [-0.05, 0) is 38.3 Å². The summed E-state index contributed by atoms with van der Waals surface area (Å²) in [5, 5.41) is 3.43. The summed E-state index contributed by atoms with van der Waals surface area (Å²) in [7, 11) is 0. The van der Waals surface area contributed by atoms with Gasteiger partial charge in [-0.15, -0.1) is 0 Å². The van der Waals surface area contributed by atoms with E-state index in [4.69, 9.17) is 0 Å². The van der Waals surface area contributed by atoms with E-state index in [1.165, 1.54) is 32.4 Å². The van der Waals surface area contributed by atoms with Crippen molar-refractivity contribution in [3.63, 3.8) is 0 Å². The first-order valence-electron chi connectivity index (χ1n) is 5.54. The molecule has 2 nitrogen and oxygen atoms in total. The Morgan fingerprint density at radius 3 is 2.86 bits per heavy atom. The van der Waals surface area contributed by atoms with Crippen molar-refractivity contribution in [3.8, 4) is 0 Å². The van der Waals surface area contributed by atoms with Crippen LogP contribution in [0.4, 0.5) is 0 Å². The smallest absolute Gasteiger partial charge is 0.0265 e. The third-order valence-corrected chi connectivity index (χ3v) is 3.41. The molecule has 1 aliphatic carbocycles. The summed E-state index contributed by atoms with van der Waals surface area (Å²) < 4.78 is 1.05. The third-order valence-electron chi connectivity index (χ3n) is 3.13. The van der Waals surface area contributed by atoms with E-state index < -0.39 is 0 Å². The van der Waals surface area contributed by atoms with Crippen molar-refractivity contribution in [2.24, 2.45) is 5.92 Å². The Balaban J connectivity index is 1.60. The van der Waals surface area contributed by atoms with E-state index in [9.17, 15) is 0 Å². The van der Waals surface area contributed by atoms with Crippen LogP contribution in [0.1, 0.15) is 19.3 Å². The Morgan fingerprint density at radius 2 is 2.21 bits per heavy atom. The molecular weight excluding hydrogens is 240 g/mol. The van der Waals surface area contributed by atoms with Crippen molar-refractivity contribution >= 4 is 15.9 Å². The number of nitrogens with zero attached hydrogens (tertiary/aromatic N) is 1. The van der Waals surface area contributed by atoms with Gasteiger partial charge in [-0.1, -0.05) is 22.5 Å². The lowest BCUT2D eigenvalue weighted by molar-refractivity contribution is 0.312. The molecule has 2 fully saturated rings. The highest BCUT2D eigenvalue weighted by atomic mass is 79.9. The molecule has 0 bridgehead atoms. The first-order valence-corrected chi connectivity index (χ1v) is 6.33. The molecule has 0 aromatic heterocycles. The average Bonchev–Trinajstić information content (AvgIpc) is 2.87. The second-order valence-corrected chi connectivity index (χ2v) is 5.65. The number of nitrogens with one attached hydrogen (secondary N) is 1. The fraction of sp³-hybridized carbons (Fsp3) is 0.818. The van der Waals surface area contributed by atoms with Gasteiger partial charge >= 0.3 is 0 Å². The molecule has 3 heteroatoms. The van der Waals surface area contributed by atoms with Gasteiger partial charge in [0.05, 0.1) is 0 Å². The normalized spacial score (nSPS) is 28.2. The lowest BCUT2D eigenvalue weighted by Gasteiger charge is -2.14. The average molecular weight is 259 g/mol. The molecule has 1 heterocycles. The lowest BCUT2D eigenvalue weighted by atomic mass is 10.1. The Kier molecular flexibility index (Phi) is 3.63. The summed E-state index contributed by atoms with van der Waals surface area (Å²) in [6.07, 6.45) is 4.26. The highest BCUT2D eigenvalue weighted by molar-refractivity contribution is 9.11.